The van der Waals surface area contributed by atoms with Crippen LogP contribution < -0.4 is 10.1 Å². The lowest BCUT2D eigenvalue weighted by Crippen LogP contribution is -2.15. The molecule has 4 rings (SSSR count). The molecule has 35 heavy (non-hydrogen) atoms. The molecule has 1 amide bonds. The first-order valence-electron chi connectivity index (χ1n) is 11.1. The number of amides is 1. The molecule has 9 heteroatoms. The zero-order chi connectivity index (χ0) is 24.6. The number of aromatic nitrogens is 3. The van der Waals surface area contributed by atoms with Gasteiger partial charge in [-0.3, -0.25) is 9.36 Å². The third-order valence-electron chi connectivity index (χ3n) is 5.10. The van der Waals surface area contributed by atoms with Crippen LogP contribution in [0.1, 0.15) is 24.7 Å². The maximum Gasteiger partial charge on any atom is 0.234 e. The van der Waals surface area contributed by atoms with Gasteiger partial charge >= 0.3 is 0 Å². The first-order valence-corrected chi connectivity index (χ1v) is 12.9. The molecule has 0 unspecified atom stereocenters. The number of halogens is 2. The highest BCUT2D eigenvalue weighted by atomic mass is 35.5. The average Bonchev–Trinajstić information content (AvgIpc) is 3.28. The van der Waals surface area contributed by atoms with E-state index in [0.717, 1.165) is 24.3 Å². The van der Waals surface area contributed by atoms with Crippen LogP contribution in [0, 0.1) is 0 Å². The van der Waals surface area contributed by atoms with Crippen molar-refractivity contribution >= 4 is 46.6 Å². The Bertz CT molecular complexity index is 1260. The Hall–Kier alpha value is -3.00. The van der Waals surface area contributed by atoms with Gasteiger partial charge in [0.15, 0.2) is 11.0 Å². The van der Waals surface area contributed by atoms with Gasteiger partial charge in [0.1, 0.15) is 12.4 Å². The van der Waals surface area contributed by atoms with E-state index < -0.39 is 0 Å². The normalized spacial score (nSPS) is 10.8. The molecular weight excluding hydrogens is 503 g/mol. The van der Waals surface area contributed by atoms with Crippen molar-refractivity contribution in [2.24, 2.45) is 0 Å². The Labute approximate surface area is 218 Å². The van der Waals surface area contributed by atoms with Crippen molar-refractivity contribution in [2.75, 3.05) is 11.1 Å². The smallest absolute Gasteiger partial charge is 0.234 e. The van der Waals surface area contributed by atoms with Crippen LogP contribution in [0.2, 0.25) is 10.0 Å². The molecule has 4 aromatic rings. The lowest BCUT2D eigenvalue weighted by molar-refractivity contribution is -0.113. The maximum absolute atomic E-state index is 12.6. The van der Waals surface area contributed by atoms with Crippen molar-refractivity contribution in [3.8, 4) is 11.4 Å². The number of ether oxygens (including phenoxy) is 1. The minimum absolute atomic E-state index is 0.103. The highest BCUT2D eigenvalue weighted by Crippen LogP contribution is 2.30. The predicted octanol–water partition coefficient (Wildman–Crippen LogP) is 6.84. The zero-order valence-electron chi connectivity index (χ0n) is 19.1. The summed E-state index contributed by atoms with van der Waals surface area (Å²) in [7, 11) is 0. The molecule has 3 aromatic carbocycles. The van der Waals surface area contributed by atoms with Gasteiger partial charge in [-0.25, -0.2) is 0 Å². The van der Waals surface area contributed by atoms with Crippen LogP contribution in [0.15, 0.2) is 78.0 Å². The van der Waals surface area contributed by atoms with Gasteiger partial charge in [0.05, 0.1) is 21.5 Å². The van der Waals surface area contributed by atoms with Gasteiger partial charge in [0.25, 0.3) is 0 Å². The second-order valence-electron chi connectivity index (χ2n) is 7.69. The molecule has 0 fully saturated rings. The van der Waals surface area contributed by atoms with E-state index in [1.165, 1.54) is 17.3 Å². The van der Waals surface area contributed by atoms with E-state index in [-0.39, 0.29) is 18.3 Å². The highest BCUT2D eigenvalue weighted by Gasteiger charge is 2.17. The Kier molecular flexibility index (Phi) is 8.69. The van der Waals surface area contributed by atoms with E-state index >= 15 is 0 Å². The van der Waals surface area contributed by atoms with E-state index in [1.54, 1.807) is 18.2 Å². The molecular formula is C26H24Cl2N4O2S. The number of carbonyl (C=O) groups is 1. The van der Waals surface area contributed by atoms with Crippen molar-refractivity contribution in [1.29, 1.82) is 0 Å². The van der Waals surface area contributed by atoms with Crippen LogP contribution in [-0.4, -0.2) is 26.4 Å². The molecule has 0 radical (unpaired) electrons. The van der Waals surface area contributed by atoms with Crippen LogP contribution >= 0.6 is 35.0 Å². The van der Waals surface area contributed by atoms with Crippen molar-refractivity contribution in [1.82, 2.24) is 14.8 Å². The molecule has 6 nitrogen and oxygen atoms in total. The number of benzene rings is 3. The van der Waals surface area contributed by atoms with Gasteiger partial charge in [-0.1, -0.05) is 84.7 Å². The molecule has 0 aliphatic rings. The van der Waals surface area contributed by atoms with Crippen molar-refractivity contribution < 1.29 is 9.53 Å². The van der Waals surface area contributed by atoms with Gasteiger partial charge in [-0.15, -0.1) is 10.2 Å². The van der Waals surface area contributed by atoms with Crippen LogP contribution in [0.3, 0.4) is 0 Å². The maximum atomic E-state index is 12.6. The summed E-state index contributed by atoms with van der Waals surface area (Å²) in [5, 5.41) is 12.8. The fourth-order valence-electron chi connectivity index (χ4n) is 3.44. The van der Waals surface area contributed by atoms with E-state index in [4.69, 9.17) is 27.9 Å². The lowest BCUT2D eigenvalue weighted by atomic mass is 10.1. The summed E-state index contributed by atoms with van der Waals surface area (Å²) in [4.78, 5) is 12.6. The number of anilines is 1. The minimum Gasteiger partial charge on any atom is -0.486 e. The number of rotatable bonds is 10. The van der Waals surface area contributed by atoms with Gasteiger partial charge in [-0.2, -0.15) is 0 Å². The standard InChI is InChI=1S/C26H24Cl2N4O2S/c1-2-7-18-12-14-20(15-13-18)34-16-23-30-31-26(32(23)19-8-4-3-5-9-19)35-17-24(33)29-25-21(27)10-6-11-22(25)28/h3-6,8-15H,2,7,16-17H2,1H3,(H,29,33). The van der Waals surface area contributed by atoms with Gasteiger partial charge in [0, 0.05) is 5.69 Å². The monoisotopic (exact) mass is 526 g/mol. The third-order valence-corrected chi connectivity index (χ3v) is 6.66. The predicted molar refractivity (Wildman–Crippen MR) is 142 cm³/mol. The first kappa shape index (κ1) is 25.1. The van der Waals surface area contributed by atoms with E-state index in [0.29, 0.717) is 26.7 Å². The molecule has 0 aliphatic carbocycles. The number of aryl methyl sites for hydroxylation is 1. The van der Waals surface area contributed by atoms with Gasteiger partial charge < -0.3 is 10.1 Å². The van der Waals surface area contributed by atoms with E-state index in [2.05, 4.69) is 34.6 Å². The quantitative estimate of drug-likeness (QED) is 0.229. The summed E-state index contributed by atoms with van der Waals surface area (Å²) < 4.78 is 7.89. The lowest BCUT2D eigenvalue weighted by Gasteiger charge is -2.12. The fraction of sp³-hybridized carbons (Fsp3) is 0.192. The van der Waals surface area contributed by atoms with Crippen molar-refractivity contribution in [2.45, 2.75) is 31.5 Å². The van der Waals surface area contributed by atoms with Crippen LogP contribution in [0.5, 0.6) is 5.75 Å². The van der Waals surface area contributed by atoms with Crippen LogP contribution in [0.4, 0.5) is 5.69 Å². The number of nitrogens with one attached hydrogen (secondary N) is 1. The molecule has 0 bridgehead atoms. The van der Waals surface area contributed by atoms with Gasteiger partial charge in [0.2, 0.25) is 5.91 Å². The molecule has 1 aromatic heterocycles. The summed E-state index contributed by atoms with van der Waals surface area (Å²) in [6.07, 6.45) is 2.14. The molecule has 0 aliphatic heterocycles. The number of carbonyl (C=O) groups excluding carboxylic acids is 1. The van der Waals surface area contributed by atoms with Gasteiger partial charge in [-0.05, 0) is 48.4 Å². The molecule has 180 valence electrons. The Morgan fingerprint density at radius 3 is 2.37 bits per heavy atom. The second kappa shape index (κ2) is 12.1. The first-order chi connectivity index (χ1) is 17.0. The number of nitrogens with zero attached hydrogens (tertiary/aromatic N) is 3. The molecule has 1 heterocycles. The Morgan fingerprint density at radius 1 is 0.971 bits per heavy atom. The number of para-hydroxylation sites is 2. The fourth-order valence-corrected chi connectivity index (χ4v) is 4.70. The number of thioether (sulfide) groups is 1. The Morgan fingerprint density at radius 2 is 1.69 bits per heavy atom. The topological polar surface area (TPSA) is 69.0 Å². The SMILES string of the molecule is CCCc1ccc(OCc2nnc(SCC(=O)Nc3c(Cl)cccc3Cl)n2-c2ccccc2)cc1. The molecule has 0 saturated heterocycles. The van der Waals surface area contributed by atoms with E-state index in [1.807, 2.05) is 47.0 Å². The largest absolute Gasteiger partial charge is 0.486 e. The summed E-state index contributed by atoms with van der Waals surface area (Å²) >= 11 is 13.6. The molecule has 0 saturated carbocycles. The van der Waals surface area contributed by atoms with Crippen LogP contribution in [0.25, 0.3) is 5.69 Å². The number of hydrogen-bond acceptors (Lipinski definition) is 5. The number of hydrogen-bond donors (Lipinski definition) is 1. The second-order valence-corrected chi connectivity index (χ2v) is 9.44. The Balaban J connectivity index is 1.48. The van der Waals surface area contributed by atoms with E-state index in [9.17, 15) is 4.79 Å². The highest BCUT2D eigenvalue weighted by molar-refractivity contribution is 7.99. The zero-order valence-corrected chi connectivity index (χ0v) is 21.4. The summed E-state index contributed by atoms with van der Waals surface area (Å²) in [5.41, 5.74) is 2.55. The molecule has 1 N–H and O–H groups in total. The minimum atomic E-state index is -0.252. The third kappa shape index (κ3) is 6.57. The summed E-state index contributed by atoms with van der Waals surface area (Å²) in [6, 6.07) is 22.9. The summed E-state index contributed by atoms with van der Waals surface area (Å²) in [6.45, 7) is 2.39. The molecule has 0 atom stereocenters. The van der Waals surface area contributed by atoms with Crippen molar-refractivity contribution in [3.05, 3.63) is 94.2 Å². The van der Waals surface area contributed by atoms with Crippen molar-refractivity contribution in [3.63, 3.8) is 0 Å². The van der Waals surface area contributed by atoms with Crippen LogP contribution in [-0.2, 0) is 17.8 Å². The summed E-state index contributed by atoms with van der Waals surface area (Å²) in [5.74, 6) is 1.24. The molecule has 0 spiro atoms. The average molecular weight is 527 g/mol.